The maximum atomic E-state index is 12.0. The first-order valence-electron chi connectivity index (χ1n) is 5.86. The van der Waals surface area contributed by atoms with Gasteiger partial charge in [0, 0.05) is 18.8 Å². The van der Waals surface area contributed by atoms with Crippen molar-refractivity contribution in [1.82, 2.24) is 19.1 Å². The highest BCUT2D eigenvalue weighted by Gasteiger charge is 2.19. The summed E-state index contributed by atoms with van der Waals surface area (Å²) in [6.45, 7) is 3.68. The van der Waals surface area contributed by atoms with E-state index >= 15 is 0 Å². The van der Waals surface area contributed by atoms with Crippen LogP contribution in [0, 0.1) is 0 Å². The highest BCUT2D eigenvalue weighted by Crippen LogP contribution is 2.24. The number of nitrogens with one attached hydrogen (secondary N) is 1. The predicted molar refractivity (Wildman–Crippen MR) is 71.7 cm³/mol. The number of carboxylic acid groups (broad SMARTS) is 1. The molecule has 108 valence electrons. The number of nitrogens with zero attached hydrogens (tertiary/aromatic N) is 3. The molecule has 0 aliphatic heterocycles. The molecule has 0 aromatic carbocycles. The number of rotatable bonds is 4. The second kappa shape index (κ2) is 5.16. The third-order valence-electron chi connectivity index (χ3n) is 2.75. The quantitative estimate of drug-likeness (QED) is 0.713. The summed E-state index contributed by atoms with van der Waals surface area (Å²) >= 11 is 0.954. The maximum Gasteiger partial charge on any atom is 0.329 e. The smallest absolute Gasteiger partial charge is 0.329 e. The minimum absolute atomic E-state index is 0.108. The van der Waals surface area contributed by atoms with Crippen molar-refractivity contribution >= 4 is 28.9 Å². The number of thioether (sulfide) groups is 1. The van der Waals surface area contributed by atoms with E-state index in [1.54, 1.807) is 4.57 Å². The van der Waals surface area contributed by atoms with Crippen LogP contribution in [0.25, 0.3) is 11.2 Å². The molecule has 0 spiro atoms. The molecule has 2 aromatic heterocycles. The molecule has 2 heterocycles. The van der Waals surface area contributed by atoms with Gasteiger partial charge in [0.05, 0.1) is 5.97 Å². The third-order valence-corrected chi connectivity index (χ3v) is 3.68. The molecule has 8 nitrogen and oxygen atoms in total. The standard InChI is InChI=1S/C11H14N4O4S/c1-5(2)15-7-8(12-11(15)20-4-6(16)17)14(3)10(19)13-9(7)18/h5H,4H2,1-3H3,(H,16,17)(H,13,18,19)/p-1. The molecule has 0 saturated carbocycles. The Balaban J connectivity index is 2.76. The molecule has 9 heteroatoms. The third kappa shape index (κ3) is 2.36. The molecule has 0 bridgehead atoms. The van der Waals surface area contributed by atoms with E-state index < -0.39 is 17.2 Å². The Morgan fingerprint density at radius 1 is 1.45 bits per heavy atom. The van der Waals surface area contributed by atoms with Gasteiger partial charge in [0.2, 0.25) is 0 Å². The molecule has 0 aliphatic carbocycles. The number of fused-ring (bicyclic) bond motifs is 1. The minimum Gasteiger partial charge on any atom is -0.549 e. The fourth-order valence-corrected chi connectivity index (χ4v) is 2.73. The van der Waals surface area contributed by atoms with Gasteiger partial charge in [-0.15, -0.1) is 0 Å². The number of carbonyl (C=O) groups is 1. The molecule has 0 amide bonds. The van der Waals surface area contributed by atoms with Crippen LogP contribution in [-0.4, -0.2) is 30.8 Å². The van der Waals surface area contributed by atoms with Crippen molar-refractivity contribution in [3.63, 3.8) is 0 Å². The maximum absolute atomic E-state index is 12.0. The monoisotopic (exact) mass is 297 g/mol. The number of aryl methyl sites for hydroxylation is 1. The lowest BCUT2D eigenvalue weighted by Gasteiger charge is -2.11. The SMILES string of the molecule is CC(C)n1c(SCC(=O)[O-])nc2c1c(=O)[nH]c(=O)n2C. The number of imidazole rings is 1. The van der Waals surface area contributed by atoms with Crippen LogP contribution in [0.15, 0.2) is 14.7 Å². The van der Waals surface area contributed by atoms with Gasteiger partial charge in [-0.3, -0.25) is 14.3 Å². The van der Waals surface area contributed by atoms with Gasteiger partial charge < -0.3 is 14.5 Å². The van der Waals surface area contributed by atoms with Gasteiger partial charge in [-0.2, -0.15) is 0 Å². The molecule has 1 N–H and O–H groups in total. The van der Waals surface area contributed by atoms with E-state index in [0.29, 0.717) is 5.16 Å². The molecule has 0 atom stereocenters. The summed E-state index contributed by atoms with van der Waals surface area (Å²) in [6.07, 6.45) is 0. The van der Waals surface area contributed by atoms with E-state index in [2.05, 4.69) is 9.97 Å². The van der Waals surface area contributed by atoms with E-state index in [9.17, 15) is 19.5 Å². The van der Waals surface area contributed by atoms with Crippen molar-refractivity contribution < 1.29 is 9.90 Å². The Bertz CT molecular complexity index is 786. The normalized spacial score (nSPS) is 11.4. The van der Waals surface area contributed by atoms with E-state index in [-0.39, 0.29) is 23.0 Å². The van der Waals surface area contributed by atoms with Crippen LogP contribution in [0.1, 0.15) is 19.9 Å². The molecule has 20 heavy (non-hydrogen) atoms. The first kappa shape index (κ1) is 14.4. The van der Waals surface area contributed by atoms with Crippen molar-refractivity contribution in [2.45, 2.75) is 25.0 Å². The number of carboxylic acids is 1. The van der Waals surface area contributed by atoms with Gasteiger partial charge >= 0.3 is 5.69 Å². The summed E-state index contributed by atoms with van der Waals surface area (Å²) in [5.41, 5.74) is -0.617. The van der Waals surface area contributed by atoms with Crippen molar-refractivity contribution in [1.29, 1.82) is 0 Å². The van der Waals surface area contributed by atoms with Crippen LogP contribution in [-0.2, 0) is 11.8 Å². The Kier molecular flexibility index (Phi) is 3.71. The predicted octanol–water partition coefficient (Wildman–Crippen LogP) is -1.15. The van der Waals surface area contributed by atoms with Gasteiger partial charge in [0.15, 0.2) is 16.3 Å². The molecule has 0 radical (unpaired) electrons. The van der Waals surface area contributed by atoms with E-state index in [1.165, 1.54) is 11.6 Å². The average Bonchev–Trinajstić information content (AvgIpc) is 2.73. The zero-order valence-corrected chi connectivity index (χ0v) is 12.0. The fourth-order valence-electron chi connectivity index (χ4n) is 1.89. The highest BCUT2D eigenvalue weighted by atomic mass is 32.2. The number of H-pyrrole nitrogens is 1. The average molecular weight is 297 g/mol. The number of aromatic amines is 1. The van der Waals surface area contributed by atoms with Gasteiger partial charge in [-0.05, 0) is 13.8 Å². The first-order chi connectivity index (χ1) is 9.32. The Hall–Kier alpha value is -2.03. The fraction of sp³-hybridized carbons (Fsp3) is 0.455. The lowest BCUT2D eigenvalue weighted by Crippen LogP contribution is -2.29. The topological polar surface area (TPSA) is 113 Å². The summed E-state index contributed by atoms with van der Waals surface area (Å²) in [7, 11) is 1.49. The zero-order valence-electron chi connectivity index (χ0n) is 11.2. The summed E-state index contributed by atoms with van der Waals surface area (Å²) in [6, 6.07) is -0.108. The number of hydrogen-bond donors (Lipinski definition) is 1. The second-order valence-electron chi connectivity index (χ2n) is 4.51. The summed E-state index contributed by atoms with van der Waals surface area (Å²) in [5.74, 6) is -1.50. The number of aliphatic carboxylic acids is 1. The summed E-state index contributed by atoms with van der Waals surface area (Å²) in [5, 5.41) is 10.9. The second-order valence-corrected chi connectivity index (χ2v) is 5.45. The molecule has 0 unspecified atom stereocenters. The van der Waals surface area contributed by atoms with Crippen molar-refractivity contribution in [3.05, 3.63) is 20.8 Å². The van der Waals surface area contributed by atoms with Crippen LogP contribution in [0.4, 0.5) is 0 Å². The molecule has 2 aromatic rings. The largest absolute Gasteiger partial charge is 0.549 e. The zero-order chi connectivity index (χ0) is 15.0. The Morgan fingerprint density at radius 3 is 2.65 bits per heavy atom. The lowest BCUT2D eigenvalue weighted by molar-refractivity contribution is -0.301. The molecule has 0 saturated heterocycles. The highest BCUT2D eigenvalue weighted by molar-refractivity contribution is 7.99. The van der Waals surface area contributed by atoms with Crippen LogP contribution >= 0.6 is 11.8 Å². The Morgan fingerprint density at radius 2 is 2.10 bits per heavy atom. The van der Waals surface area contributed by atoms with E-state index in [1.807, 2.05) is 13.8 Å². The summed E-state index contributed by atoms with van der Waals surface area (Å²) in [4.78, 5) is 40.5. The molecule has 0 fully saturated rings. The Labute approximate surface area is 117 Å². The molecular weight excluding hydrogens is 284 g/mol. The van der Waals surface area contributed by atoms with Crippen molar-refractivity contribution in [2.24, 2.45) is 7.05 Å². The van der Waals surface area contributed by atoms with E-state index in [0.717, 1.165) is 11.8 Å². The number of carbonyl (C=O) groups excluding carboxylic acids is 1. The van der Waals surface area contributed by atoms with Gasteiger partial charge in [-0.25, -0.2) is 9.78 Å². The van der Waals surface area contributed by atoms with Crippen LogP contribution in [0.3, 0.4) is 0 Å². The lowest BCUT2D eigenvalue weighted by atomic mass is 10.4. The van der Waals surface area contributed by atoms with Crippen LogP contribution in [0.2, 0.25) is 0 Å². The van der Waals surface area contributed by atoms with Crippen molar-refractivity contribution in [3.8, 4) is 0 Å². The molecule has 0 aliphatic rings. The van der Waals surface area contributed by atoms with Crippen molar-refractivity contribution in [2.75, 3.05) is 5.75 Å². The molecular formula is C11H13N4O4S-. The number of aromatic nitrogens is 4. The summed E-state index contributed by atoms with van der Waals surface area (Å²) < 4.78 is 2.83. The number of hydrogen-bond acceptors (Lipinski definition) is 6. The van der Waals surface area contributed by atoms with Crippen LogP contribution < -0.4 is 16.4 Å². The van der Waals surface area contributed by atoms with E-state index in [4.69, 9.17) is 0 Å². The van der Waals surface area contributed by atoms with Gasteiger partial charge in [-0.1, -0.05) is 11.8 Å². The van der Waals surface area contributed by atoms with Crippen LogP contribution in [0.5, 0.6) is 0 Å². The van der Waals surface area contributed by atoms with Gasteiger partial charge in [0.25, 0.3) is 5.56 Å². The molecule has 2 rings (SSSR count). The minimum atomic E-state index is -1.22. The van der Waals surface area contributed by atoms with Gasteiger partial charge in [0.1, 0.15) is 0 Å². The first-order valence-corrected chi connectivity index (χ1v) is 6.85.